The average molecular weight is 179 g/mol. The first kappa shape index (κ1) is 9.79. The first-order valence-corrected chi connectivity index (χ1v) is 4.58. The fraction of sp³-hybridized carbons (Fsp3) is 0.600. The zero-order chi connectivity index (χ0) is 9.68. The molecule has 0 saturated heterocycles. The van der Waals surface area contributed by atoms with Crippen LogP contribution in [0.4, 0.5) is 0 Å². The van der Waals surface area contributed by atoms with E-state index in [1.807, 2.05) is 0 Å². The van der Waals surface area contributed by atoms with Crippen LogP contribution in [0.1, 0.15) is 32.6 Å². The summed E-state index contributed by atoms with van der Waals surface area (Å²) in [6.07, 6.45) is 3.41. The molecule has 0 atom stereocenters. The Morgan fingerprint density at radius 2 is 2.23 bits per heavy atom. The van der Waals surface area contributed by atoms with Gasteiger partial charge in [-0.25, -0.2) is 4.79 Å². The fourth-order valence-electron chi connectivity index (χ4n) is 1.47. The number of hydrogen-bond acceptors (Lipinski definition) is 3. The van der Waals surface area contributed by atoms with Crippen molar-refractivity contribution in [3.63, 3.8) is 0 Å². The van der Waals surface area contributed by atoms with Gasteiger partial charge in [0.05, 0.1) is 18.2 Å². The second-order valence-corrected chi connectivity index (χ2v) is 3.00. The largest absolute Gasteiger partial charge is 0.463 e. The summed E-state index contributed by atoms with van der Waals surface area (Å²) in [4.78, 5) is 11.3. The van der Waals surface area contributed by atoms with Gasteiger partial charge >= 0.3 is 5.97 Å². The maximum Gasteiger partial charge on any atom is 0.334 e. The van der Waals surface area contributed by atoms with Crippen LogP contribution < -0.4 is 0 Å². The Balaban J connectivity index is 2.79. The van der Waals surface area contributed by atoms with Crippen LogP contribution in [0.3, 0.4) is 0 Å². The molecule has 3 nitrogen and oxygen atoms in total. The smallest absolute Gasteiger partial charge is 0.334 e. The minimum Gasteiger partial charge on any atom is -0.463 e. The van der Waals surface area contributed by atoms with Gasteiger partial charge in [0, 0.05) is 5.57 Å². The van der Waals surface area contributed by atoms with Gasteiger partial charge in [0.25, 0.3) is 0 Å². The van der Waals surface area contributed by atoms with Gasteiger partial charge in [-0.3, -0.25) is 0 Å². The van der Waals surface area contributed by atoms with Gasteiger partial charge in [-0.2, -0.15) is 5.26 Å². The molecule has 0 N–H and O–H groups in total. The predicted molar refractivity (Wildman–Crippen MR) is 47.7 cm³/mol. The van der Waals surface area contributed by atoms with E-state index in [9.17, 15) is 4.79 Å². The van der Waals surface area contributed by atoms with Gasteiger partial charge in [0.15, 0.2) is 0 Å². The van der Waals surface area contributed by atoms with E-state index in [4.69, 9.17) is 10.00 Å². The summed E-state index contributed by atoms with van der Waals surface area (Å²) in [5.74, 6) is -0.307. The standard InChI is InChI=1S/C10H13NO2/c1-2-13-10(12)9-6-4-3-5-8(9)7-11/h2-6H2,1H3. The molecule has 0 aromatic rings. The molecular formula is C10H13NO2. The molecule has 0 amide bonds. The number of hydrogen-bond donors (Lipinski definition) is 0. The number of nitriles is 1. The number of ether oxygens (including phenoxy) is 1. The molecule has 0 saturated carbocycles. The summed E-state index contributed by atoms with van der Waals surface area (Å²) in [6.45, 7) is 2.15. The Morgan fingerprint density at radius 3 is 2.85 bits per heavy atom. The van der Waals surface area contributed by atoms with E-state index in [0.717, 1.165) is 19.3 Å². The van der Waals surface area contributed by atoms with Crippen LogP contribution in [0.5, 0.6) is 0 Å². The van der Waals surface area contributed by atoms with E-state index < -0.39 is 0 Å². The monoisotopic (exact) mass is 179 g/mol. The average Bonchev–Trinajstić information content (AvgIpc) is 2.18. The number of rotatable bonds is 2. The molecule has 1 aliphatic carbocycles. The van der Waals surface area contributed by atoms with Crippen molar-refractivity contribution in [1.82, 2.24) is 0 Å². The Bertz CT molecular complexity index is 273. The lowest BCUT2D eigenvalue weighted by Crippen LogP contribution is -2.12. The molecule has 0 aromatic heterocycles. The van der Waals surface area contributed by atoms with E-state index in [-0.39, 0.29) is 5.97 Å². The molecule has 13 heavy (non-hydrogen) atoms. The zero-order valence-corrected chi connectivity index (χ0v) is 7.80. The SMILES string of the molecule is CCOC(=O)C1=C(C#N)CCCC1. The van der Waals surface area contributed by atoms with E-state index in [2.05, 4.69) is 6.07 Å². The molecule has 0 bridgehead atoms. The first-order chi connectivity index (χ1) is 6.29. The zero-order valence-electron chi connectivity index (χ0n) is 7.80. The molecule has 3 heteroatoms. The third-order valence-corrected chi connectivity index (χ3v) is 2.12. The second kappa shape index (κ2) is 4.66. The number of carbonyl (C=O) groups is 1. The third-order valence-electron chi connectivity index (χ3n) is 2.12. The van der Waals surface area contributed by atoms with Crippen LogP contribution in [-0.4, -0.2) is 12.6 Å². The maximum absolute atomic E-state index is 11.3. The lowest BCUT2D eigenvalue weighted by atomic mass is 9.92. The lowest BCUT2D eigenvalue weighted by Gasteiger charge is -2.13. The van der Waals surface area contributed by atoms with Gasteiger partial charge in [-0.05, 0) is 32.6 Å². The first-order valence-electron chi connectivity index (χ1n) is 4.58. The molecule has 70 valence electrons. The summed E-state index contributed by atoms with van der Waals surface area (Å²) in [6, 6.07) is 2.07. The van der Waals surface area contributed by atoms with Crippen molar-refractivity contribution < 1.29 is 9.53 Å². The van der Waals surface area contributed by atoms with Crippen LogP contribution in [0.2, 0.25) is 0 Å². The molecule has 0 spiro atoms. The normalized spacial score (nSPS) is 16.6. The van der Waals surface area contributed by atoms with Crippen LogP contribution in [0.25, 0.3) is 0 Å². The molecule has 0 heterocycles. The number of allylic oxidation sites excluding steroid dienone is 1. The van der Waals surface area contributed by atoms with E-state index in [1.165, 1.54) is 0 Å². The molecule has 0 unspecified atom stereocenters. The summed E-state index contributed by atoms with van der Waals surface area (Å²) in [5, 5.41) is 8.76. The van der Waals surface area contributed by atoms with E-state index in [0.29, 0.717) is 24.2 Å². The Kier molecular flexibility index (Phi) is 3.51. The van der Waals surface area contributed by atoms with Gasteiger partial charge in [0.1, 0.15) is 0 Å². The second-order valence-electron chi connectivity index (χ2n) is 3.00. The number of esters is 1. The van der Waals surface area contributed by atoms with Crippen LogP contribution >= 0.6 is 0 Å². The summed E-state index contributed by atoms with van der Waals surface area (Å²) in [7, 11) is 0. The molecular weight excluding hydrogens is 166 g/mol. The molecule has 0 radical (unpaired) electrons. The Hall–Kier alpha value is -1.30. The highest BCUT2D eigenvalue weighted by atomic mass is 16.5. The molecule has 0 fully saturated rings. The highest BCUT2D eigenvalue weighted by Crippen LogP contribution is 2.24. The minimum atomic E-state index is -0.307. The van der Waals surface area contributed by atoms with Crippen LogP contribution in [0.15, 0.2) is 11.1 Å². The van der Waals surface area contributed by atoms with Crippen molar-refractivity contribution in [2.75, 3.05) is 6.61 Å². The van der Waals surface area contributed by atoms with Crippen molar-refractivity contribution in [3.05, 3.63) is 11.1 Å². The van der Waals surface area contributed by atoms with Gasteiger partial charge < -0.3 is 4.74 Å². The lowest BCUT2D eigenvalue weighted by molar-refractivity contribution is -0.138. The number of carbonyl (C=O) groups excluding carboxylic acids is 1. The summed E-state index contributed by atoms with van der Waals surface area (Å²) >= 11 is 0. The van der Waals surface area contributed by atoms with Gasteiger partial charge in [-0.15, -0.1) is 0 Å². The van der Waals surface area contributed by atoms with Crippen molar-refractivity contribution in [2.45, 2.75) is 32.6 Å². The van der Waals surface area contributed by atoms with Crippen molar-refractivity contribution in [3.8, 4) is 6.07 Å². The summed E-state index contributed by atoms with van der Waals surface area (Å²) < 4.78 is 4.87. The fourth-order valence-corrected chi connectivity index (χ4v) is 1.47. The van der Waals surface area contributed by atoms with Gasteiger partial charge in [0.2, 0.25) is 0 Å². The van der Waals surface area contributed by atoms with Crippen LogP contribution in [0, 0.1) is 11.3 Å². The minimum absolute atomic E-state index is 0.307. The topological polar surface area (TPSA) is 50.1 Å². The summed E-state index contributed by atoms with van der Waals surface area (Å²) in [5.41, 5.74) is 1.21. The van der Waals surface area contributed by atoms with E-state index >= 15 is 0 Å². The molecule has 0 aromatic carbocycles. The van der Waals surface area contributed by atoms with Crippen molar-refractivity contribution >= 4 is 5.97 Å². The van der Waals surface area contributed by atoms with Gasteiger partial charge in [-0.1, -0.05) is 0 Å². The molecule has 1 rings (SSSR count). The molecule has 1 aliphatic rings. The van der Waals surface area contributed by atoms with Crippen molar-refractivity contribution in [1.29, 1.82) is 5.26 Å². The quantitative estimate of drug-likeness (QED) is 0.609. The highest BCUT2D eigenvalue weighted by molar-refractivity contribution is 5.90. The molecule has 0 aliphatic heterocycles. The highest BCUT2D eigenvalue weighted by Gasteiger charge is 2.19. The number of nitrogens with zero attached hydrogens (tertiary/aromatic N) is 1. The van der Waals surface area contributed by atoms with Crippen LogP contribution in [-0.2, 0) is 9.53 Å². The third kappa shape index (κ3) is 2.32. The Labute approximate surface area is 78.0 Å². The van der Waals surface area contributed by atoms with E-state index in [1.54, 1.807) is 6.92 Å². The Morgan fingerprint density at radius 1 is 1.54 bits per heavy atom. The van der Waals surface area contributed by atoms with Crippen molar-refractivity contribution in [2.24, 2.45) is 0 Å². The predicted octanol–water partition coefficient (Wildman–Crippen LogP) is 1.94. The maximum atomic E-state index is 11.3.